The zero-order valence-electron chi connectivity index (χ0n) is 11.2. The molecule has 0 saturated heterocycles. The minimum atomic E-state index is -0.220. The molecule has 1 atom stereocenters. The quantitative estimate of drug-likeness (QED) is 0.892. The van der Waals surface area contributed by atoms with Crippen molar-refractivity contribution in [2.75, 3.05) is 5.73 Å². The minimum absolute atomic E-state index is 0.146. The third-order valence-electron chi connectivity index (χ3n) is 2.86. The Morgan fingerprint density at radius 1 is 1.63 bits per heavy atom. The smallest absolute Gasteiger partial charge is 0.272 e. The highest BCUT2D eigenvalue weighted by atomic mass is 32.1. The van der Waals surface area contributed by atoms with E-state index >= 15 is 0 Å². The van der Waals surface area contributed by atoms with E-state index in [-0.39, 0.29) is 11.9 Å². The van der Waals surface area contributed by atoms with Gasteiger partial charge in [-0.05, 0) is 20.8 Å². The number of rotatable bonds is 4. The summed E-state index contributed by atoms with van der Waals surface area (Å²) < 4.78 is 1.62. The van der Waals surface area contributed by atoms with Crippen molar-refractivity contribution < 1.29 is 4.79 Å². The summed E-state index contributed by atoms with van der Waals surface area (Å²) in [6.07, 6.45) is 1.72. The molecule has 7 heteroatoms. The number of carbonyl (C=O) groups excluding carboxylic acids is 1. The normalized spacial score (nSPS) is 12.4. The maximum Gasteiger partial charge on any atom is 0.272 e. The van der Waals surface area contributed by atoms with Crippen LogP contribution >= 0.6 is 11.3 Å². The van der Waals surface area contributed by atoms with Gasteiger partial charge < -0.3 is 11.1 Å². The number of aromatic nitrogens is 3. The number of anilines is 1. The number of aryl methyl sites for hydroxylation is 2. The van der Waals surface area contributed by atoms with E-state index in [1.807, 2.05) is 19.2 Å². The first-order valence-corrected chi connectivity index (χ1v) is 6.95. The molecule has 0 bridgehead atoms. The van der Waals surface area contributed by atoms with Gasteiger partial charge in [-0.15, -0.1) is 11.3 Å². The third-order valence-corrected chi connectivity index (χ3v) is 3.82. The van der Waals surface area contributed by atoms with Gasteiger partial charge in [0, 0.05) is 18.1 Å². The summed E-state index contributed by atoms with van der Waals surface area (Å²) in [4.78, 5) is 16.5. The molecular formula is C12H17N5OS. The molecule has 0 saturated carbocycles. The summed E-state index contributed by atoms with van der Waals surface area (Å²) in [5.74, 6) is -0.220. The lowest BCUT2D eigenvalue weighted by atomic mass is 10.2. The van der Waals surface area contributed by atoms with Crippen LogP contribution < -0.4 is 11.1 Å². The first-order chi connectivity index (χ1) is 9.04. The Kier molecular flexibility index (Phi) is 3.84. The molecule has 0 radical (unpaired) electrons. The molecule has 2 heterocycles. The lowest BCUT2D eigenvalue weighted by Gasteiger charge is -2.12. The number of thiazole rings is 1. The van der Waals surface area contributed by atoms with Gasteiger partial charge in [0.25, 0.3) is 5.91 Å². The van der Waals surface area contributed by atoms with E-state index in [2.05, 4.69) is 15.4 Å². The molecule has 1 amide bonds. The van der Waals surface area contributed by atoms with Crippen molar-refractivity contribution >= 4 is 22.9 Å². The number of amides is 1. The van der Waals surface area contributed by atoms with Crippen molar-refractivity contribution in [2.45, 2.75) is 33.4 Å². The molecule has 19 heavy (non-hydrogen) atoms. The van der Waals surface area contributed by atoms with Crippen LogP contribution in [0.15, 0.2) is 11.6 Å². The van der Waals surface area contributed by atoms with Crippen LogP contribution in [-0.2, 0) is 6.54 Å². The molecule has 0 aliphatic rings. The van der Waals surface area contributed by atoms with Gasteiger partial charge >= 0.3 is 0 Å². The number of hydrogen-bond acceptors (Lipinski definition) is 5. The van der Waals surface area contributed by atoms with Gasteiger partial charge in [0.05, 0.1) is 17.4 Å². The number of nitrogens with two attached hydrogens (primary N) is 1. The van der Waals surface area contributed by atoms with Gasteiger partial charge in [-0.3, -0.25) is 9.48 Å². The van der Waals surface area contributed by atoms with Crippen LogP contribution in [0.25, 0.3) is 0 Å². The van der Waals surface area contributed by atoms with Crippen molar-refractivity contribution in [1.29, 1.82) is 0 Å². The maximum absolute atomic E-state index is 12.3. The van der Waals surface area contributed by atoms with Gasteiger partial charge in [-0.2, -0.15) is 5.10 Å². The summed E-state index contributed by atoms with van der Waals surface area (Å²) in [6.45, 7) is 6.22. The summed E-state index contributed by atoms with van der Waals surface area (Å²) in [5, 5.41) is 9.88. The highest BCUT2D eigenvalue weighted by Crippen LogP contribution is 2.19. The average molecular weight is 279 g/mol. The van der Waals surface area contributed by atoms with Crippen LogP contribution in [0.3, 0.4) is 0 Å². The van der Waals surface area contributed by atoms with Crippen LogP contribution in [0.4, 0.5) is 5.69 Å². The average Bonchev–Trinajstić information content (AvgIpc) is 2.98. The van der Waals surface area contributed by atoms with E-state index in [9.17, 15) is 4.79 Å². The van der Waals surface area contributed by atoms with E-state index in [1.54, 1.807) is 17.8 Å². The maximum atomic E-state index is 12.3. The predicted molar refractivity (Wildman–Crippen MR) is 75.0 cm³/mol. The topological polar surface area (TPSA) is 85.8 Å². The Hall–Kier alpha value is -1.89. The van der Waals surface area contributed by atoms with E-state index in [0.29, 0.717) is 23.6 Å². The summed E-state index contributed by atoms with van der Waals surface area (Å²) >= 11 is 1.51. The number of carbonyl (C=O) groups is 1. The number of nitrogens with one attached hydrogen (secondary N) is 1. The fourth-order valence-corrected chi connectivity index (χ4v) is 2.48. The second-order valence-corrected chi connectivity index (χ2v) is 5.16. The largest absolute Gasteiger partial charge is 0.395 e. The molecule has 102 valence electrons. The van der Waals surface area contributed by atoms with Gasteiger partial charge in [-0.1, -0.05) is 0 Å². The molecule has 0 spiro atoms. The fourth-order valence-electron chi connectivity index (χ4n) is 1.84. The first-order valence-electron chi connectivity index (χ1n) is 6.07. The SMILES string of the molecule is CCn1nc(C)c(N)c1C(=O)NC(C)c1nccs1. The number of nitrogens with zero attached hydrogens (tertiary/aromatic N) is 3. The Morgan fingerprint density at radius 2 is 2.37 bits per heavy atom. The van der Waals surface area contributed by atoms with Gasteiger partial charge in [0.2, 0.25) is 0 Å². The molecule has 3 N–H and O–H groups in total. The van der Waals surface area contributed by atoms with Crippen LogP contribution in [0, 0.1) is 6.92 Å². The molecule has 2 aromatic heterocycles. The van der Waals surface area contributed by atoms with E-state index < -0.39 is 0 Å². The molecule has 0 aliphatic carbocycles. The second kappa shape index (κ2) is 5.40. The highest BCUT2D eigenvalue weighted by molar-refractivity contribution is 7.09. The van der Waals surface area contributed by atoms with Gasteiger partial charge in [-0.25, -0.2) is 4.98 Å². The third kappa shape index (κ3) is 2.60. The molecule has 0 fully saturated rings. The second-order valence-electron chi connectivity index (χ2n) is 4.23. The van der Waals surface area contributed by atoms with E-state index in [1.165, 1.54) is 11.3 Å². The van der Waals surface area contributed by atoms with Crippen LogP contribution in [0.1, 0.15) is 41.1 Å². The van der Waals surface area contributed by atoms with Crippen molar-refractivity contribution in [3.8, 4) is 0 Å². The summed E-state index contributed by atoms with van der Waals surface area (Å²) in [7, 11) is 0. The number of hydrogen-bond donors (Lipinski definition) is 2. The number of nitrogen functional groups attached to an aromatic ring is 1. The van der Waals surface area contributed by atoms with Gasteiger partial charge in [0.15, 0.2) is 0 Å². The van der Waals surface area contributed by atoms with E-state index in [0.717, 1.165) is 5.01 Å². The molecule has 0 aliphatic heterocycles. The molecule has 6 nitrogen and oxygen atoms in total. The summed E-state index contributed by atoms with van der Waals surface area (Å²) in [5.41, 5.74) is 7.45. The molecule has 2 aromatic rings. The molecule has 2 rings (SSSR count). The predicted octanol–water partition coefficient (Wildman–Crippen LogP) is 1.74. The lowest BCUT2D eigenvalue weighted by Crippen LogP contribution is -2.29. The minimum Gasteiger partial charge on any atom is -0.395 e. The Labute approximate surface area is 115 Å². The Morgan fingerprint density at radius 3 is 2.95 bits per heavy atom. The Bertz CT molecular complexity index is 575. The first kappa shape index (κ1) is 13.5. The van der Waals surface area contributed by atoms with Crippen molar-refractivity contribution in [1.82, 2.24) is 20.1 Å². The molecule has 1 unspecified atom stereocenters. The van der Waals surface area contributed by atoms with Crippen molar-refractivity contribution in [3.63, 3.8) is 0 Å². The summed E-state index contributed by atoms with van der Waals surface area (Å²) in [6, 6.07) is -0.146. The van der Waals surface area contributed by atoms with E-state index in [4.69, 9.17) is 5.73 Å². The Balaban J connectivity index is 2.21. The van der Waals surface area contributed by atoms with Crippen LogP contribution in [0.5, 0.6) is 0 Å². The van der Waals surface area contributed by atoms with Gasteiger partial charge in [0.1, 0.15) is 10.7 Å². The van der Waals surface area contributed by atoms with Crippen LogP contribution in [0.2, 0.25) is 0 Å². The van der Waals surface area contributed by atoms with Crippen molar-refractivity contribution in [2.24, 2.45) is 0 Å². The highest BCUT2D eigenvalue weighted by Gasteiger charge is 2.21. The zero-order valence-corrected chi connectivity index (χ0v) is 12.0. The monoisotopic (exact) mass is 279 g/mol. The zero-order chi connectivity index (χ0) is 14.0. The molecular weight excluding hydrogens is 262 g/mol. The van der Waals surface area contributed by atoms with Crippen LogP contribution in [-0.4, -0.2) is 20.7 Å². The molecule has 0 aromatic carbocycles. The van der Waals surface area contributed by atoms with Crippen molar-refractivity contribution in [3.05, 3.63) is 28.0 Å². The lowest BCUT2D eigenvalue weighted by molar-refractivity contribution is 0.0930. The standard InChI is InChI=1S/C12H17N5OS/c1-4-17-10(9(13)7(2)16-17)11(18)15-8(3)12-14-5-6-19-12/h5-6,8H,4,13H2,1-3H3,(H,15,18). The fraction of sp³-hybridized carbons (Fsp3) is 0.417.